The predicted octanol–water partition coefficient (Wildman–Crippen LogP) is 2.59. The van der Waals surface area contributed by atoms with Gasteiger partial charge in [0, 0.05) is 19.6 Å². The summed E-state index contributed by atoms with van der Waals surface area (Å²) >= 11 is 4.59. The lowest BCUT2D eigenvalue weighted by atomic mass is 9.87. The number of ether oxygens (including phenoxy) is 1. The highest BCUT2D eigenvalue weighted by molar-refractivity contribution is 7.80. The maximum absolute atomic E-state index is 5.79. The van der Waals surface area contributed by atoms with Gasteiger partial charge in [0.25, 0.3) is 0 Å². The molecule has 0 aromatic carbocycles. The van der Waals surface area contributed by atoms with E-state index in [1.165, 1.54) is 32.2 Å². The number of nitrogens with zero attached hydrogens (tertiary/aromatic N) is 1. The van der Waals surface area contributed by atoms with Crippen molar-refractivity contribution in [3.8, 4) is 0 Å². The van der Waals surface area contributed by atoms with Gasteiger partial charge >= 0.3 is 0 Å². The fourth-order valence-electron chi connectivity index (χ4n) is 3.38. The molecule has 2 fully saturated rings. The predicted molar refractivity (Wildman–Crippen MR) is 71.2 cm³/mol. The Morgan fingerprint density at radius 1 is 1.19 bits per heavy atom. The topological polar surface area (TPSA) is 12.5 Å². The molecule has 0 aromatic rings. The Morgan fingerprint density at radius 2 is 1.75 bits per heavy atom. The van der Waals surface area contributed by atoms with Gasteiger partial charge in [-0.2, -0.15) is 12.6 Å². The first-order valence-corrected chi connectivity index (χ1v) is 7.25. The number of thiol groups is 1. The second kappa shape index (κ2) is 5.28. The van der Waals surface area contributed by atoms with E-state index in [0.717, 1.165) is 18.8 Å². The van der Waals surface area contributed by atoms with Crippen molar-refractivity contribution in [2.24, 2.45) is 5.41 Å². The van der Waals surface area contributed by atoms with Gasteiger partial charge in [-0.25, -0.2) is 0 Å². The van der Waals surface area contributed by atoms with Gasteiger partial charge < -0.3 is 4.74 Å². The van der Waals surface area contributed by atoms with Crippen molar-refractivity contribution in [3.05, 3.63) is 0 Å². The number of rotatable bonds is 3. The quantitative estimate of drug-likeness (QED) is 0.765. The second-order valence-corrected chi connectivity index (χ2v) is 6.13. The van der Waals surface area contributed by atoms with E-state index in [2.05, 4.69) is 31.4 Å². The lowest BCUT2D eigenvalue weighted by molar-refractivity contribution is -0.0760. The van der Waals surface area contributed by atoms with Crippen LogP contribution in [0.25, 0.3) is 0 Å². The van der Waals surface area contributed by atoms with Crippen LogP contribution in [0.2, 0.25) is 0 Å². The molecule has 0 bridgehead atoms. The molecule has 0 spiro atoms. The average Bonchev–Trinajstić information content (AvgIpc) is 2.65. The molecule has 94 valence electrons. The fraction of sp³-hybridized carbons (Fsp3) is 1.00. The summed E-state index contributed by atoms with van der Waals surface area (Å²) in [4.78, 5) is 2.60. The Balaban J connectivity index is 1.92. The van der Waals surface area contributed by atoms with E-state index in [1.54, 1.807) is 0 Å². The van der Waals surface area contributed by atoms with Crippen molar-refractivity contribution >= 4 is 12.6 Å². The summed E-state index contributed by atoms with van der Waals surface area (Å²) in [6.07, 6.45) is 6.32. The highest BCUT2D eigenvalue weighted by Crippen LogP contribution is 2.40. The maximum atomic E-state index is 5.79. The zero-order valence-electron chi connectivity index (χ0n) is 10.6. The van der Waals surface area contributed by atoms with Crippen LogP contribution >= 0.6 is 12.6 Å². The summed E-state index contributed by atoms with van der Waals surface area (Å²) in [5.41, 5.74) is 0.500. The van der Waals surface area contributed by atoms with Crippen LogP contribution in [0.4, 0.5) is 0 Å². The number of hydrogen-bond acceptors (Lipinski definition) is 3. The molecule has 0 unspecified atom stereocenters. The summed E-state index contributed by atoms with van der Waals surface area (Å²) in [7, 11) is 0. The molecule has 1 saturated heterocycles. The molecule has 1 saturated carbocycles. The minimum atomic E-state index is 0.391. The van der Waals surface area contributed by atoms with Crippen LogP contribution in [0.15, 0.2) is 0 Å². The van der Waals surface area contributed by atoms with Crippen LogP contribution in [0.3, 0.4) is 0 Å². The highest BCUT2D eigenvalue weighted by Gasteiger charge is 2.36. The van der Waals surface area contributed by atoms with Crippen molar-refractivity contribution in [2.75, 3.05) is 25.4 Å². The van der Waals surface area contributed by atoms with Gasteiger partial charge in [-0.3, -0.25) is 4.90 Å². The summed E-state index contributed by atoms with van der Waals surface area (Å²) in [6, 6.07) is 0. The van der Waals surface area contributed by atoms with Gasteiger partial charge in [-0.05, 0) is 37.9 Å². The lowest BCUT2D eigenvalue weighted by Gasteiger charge is -2.40. The molecule has 2 aliphatic rings. The molecule has 2 nitrogen and oxygen atoms in total. The molecule has 16 heavy (non-hydrogen) atoms. The average molecular weight is 243 g/mol. The zero-order valence-corrected chi connectivity index (χ0v) is 11.5. The molecule has 0 N–H and O–H groups in total. The van der Waals surface area contributed by atoms with Crippen LogP contribution in [0.1, 0.15) is 39.5 Å². The Bertz CT molecular complexity index is 218. The van der Waals surface area contributed by atoms with E-state index in [4.69, 9.17) is 4.74 Å². The largest absolute Gasteiger partial charge is 0.373 e. The third-order valence-electron chi connectivity index (χ3n) is 4.05. The minimum absolute atomic E-state index is 0.391. The van der Waals surface area contributed by atoms with Crippen LogP contribution in [0.5, 0.6) is 0 Å². The molecule has 1 aliphatic carbocycles. The van der Waals surface area contributed by atoms with Crippen molar-refractivity contribution in [1.82, 2.24) is 4.90 Å². The molecular formula is C13H25NOS. The van der Waals surface area contributed by atoms with Crippen molar-refractivity contribution < 1.29 is 4.74 Å². The molecular weight excluding hydrogens is 218 g/mol. The number of morpholine rings is 1. The summed E-state index contributed by atoms with van der Waals surface area (Å²) in [5.74, 6) is 1.05. The van der Waals surface area contributed by atoms with Gasteiger partial charge in [-0.1, -0.05) is 12.8 Å². The lowest BCUT2D eigenvalue weighted by Crippen LogP contribution is -2.49. The first-order chi connectivity index (χ1) is 7.63. The van der Waals surface area contributed by atoms with E-state index >= 15 is 0 Å². The first-order valence-electron chi connectivity index (χ1n) is 6.62. The summed E-state index contributed by atoms with van der Waals surface area (Å²) < 4.78 is 5.79. The van der Waals surface area contributed by atoms with E-state index in [1.807, 2.05) is 0 Å². The van der Waals surface area contributed by atoms with Crippen molar-refractivity contribution in [2.45, 2.75) is 51.7 Å². The first kappa shape index (κ1) is 12.7. The third kappa shape index (κ3) is 2.93. The molecule has 2 atom stereocenters. The monoisotopic (exact) mass is 243 g/mol. The fourth-order valence-corrected chi connectivity index (χ4v) is 3.80. The molecule has 1 aliphatic heterocycles. The molecule has 3 heteroatoms. The third-order valence-corrected chi connectivity index (χ3v) is 4.72. The van der Waals surface area contributed by atoms with Gasteiger partial charge in [0.1, 0.15) is 0 Å². The van der Waals surface area contributed by atoms with Crippen molar-refractivity contribution in [3.63, 3.8) is 0 Å². The van der Waals surface area contributed by atoms with Crippen LogP contribution in [-0.2, 0) is 4.74 Å². The molecule has 0 amide bonds. The summed E-state index contributed by atoms with van der Waals surface area (Å²) in [6.45, 7) is 7.80. The van der Waals surface area contributed by atoms with Gasteiger partial charge in [0.15, 0.2) is 0 Å². The van der Waals surface area contributed by atoms with Crippen molar-refractivity contribution in [1.29, 1.82) is 0 Å². The van der Waals surface area contributed by atoms with Crippen LogP contribution in [0, 0.1) is 5.41 Å². The van der Waals surface area contributed by atoms with E-state index in [-0.39, 0.29) is 0 Å². The standard InChI is InChI=1S/C13H25NOS/c1-11-7-14(8-12(2)15-11)9-13(10-16)5-3-4-6-13/h11-12,16H,3-10H2,1-2H3/t11-,12+. The normalized spacial score (nSPS) is 35.4. The van der Waals surface area contributed by atoms with Gasteiger partial charge in [0.2, 0.25) is 0 Å². The highest BCUT2D eigenvalue weighted by atomic mass is 32.1. The van der Waals surface area contributed by atoms with E-state index in [0.29, 0.717) is 17.6 Å². The molecule has 0 aromatic heterocycles. The minimum Gasteiger partial charge on any atom is -0.373 e. The Hall–Kier alpha value is 0.270. The van der Waals surface area contributed by atoms with Gasteiger partial charge in [0.05, 0.1) is 12.2 Å². The molecule has 1 heterocycles. The smallest absolute Gasteiger partial charge is 0.0678 e. The van der Waals surface area contributed by atoms with E-state index in [9.17, 15) is 0 Å². The Kier molecular flexibility index (Phi) is 4.20. The zero-order chi connectivity index (χ0) is 11.6. The summed E-state index contributed by atoms with van der Waals surface area (Å²) in [5, 5.41) is 0. The maximum Gasteiger partial charge on any atom is 0.0678 e. The Morgan fingerprint density at radius 3 is 2.25 bits per heavy atom. The second-order valence-electron chi connectivity index (χ2n) is 5.82. The van der Waals surface area contributed by atoms with Crippen LogP contribution < -0.4 is 0 Å². The SMILES string of the molecule is C[C@@H]1CN(CC2(CS)CCCC2)C[C@H](C)O1. The van der Waals surface area contributed by atoms with E-state index < -0.39 is 0 Å². The van der Waals surface area contributed by atoms with Gasteiger partial charge in [-0.15, -0.1) is 0 Å². The molecule has 2 rings (SSSR count). The molecule has 0 radical (unpaired) electrons. The number of hydrogen-bond donors (Lipinski definition) is 1. The van der Waals surface area contributed by atoms with Crippen LogP contribution in [-0.4, -0.2) is 42.5 Å². The Labute approximate surface area is 105 Å².